The SMILES string of the molecule is NCC(Oc1ccc(Br)cc1)c1cccnc1. The predicted molar refractivity (Wildman–Crippen MR) is 70.8 cm³/mol. The molecule has 4 heteroatoms. The van der Waals surface area contributed by atoms with Gasteiger partial charge in [0.2, 0.25) is 0 Å². The van der Waals surface area contributed by atoms with Gasteiger partial charge in [0.1, 0.15) is 11.9 Å². The van der Waals surface area contributed by atoms with Crippen LogP contribution in [-0.4, -0.2) is 11.5 Å². The fourth-order valence-electron chi connectivity index (χ4n) is 1.50. The van der Waals surface area contributed by atoms with Crippen LogP contribution < -0.4 is 10.5 Å². The van der Waals surface area contributed by atoms with Gasteiger partial charge in [-0.1, -0.05) is 22.0 Å². The van der Waals surface area contributed by atoms with Gasteiger partial charge in [-0.25, -0.2) is 0 Å². The lowest BCUT2D eigenvalue weighted by atomic mass is 10.1. The molecule has 0 saturated heterocycles. The molecular formula is C13H13BrN2O. The molecular weight excluding hydrogens is 280 g/mol. The summed E-state index contributed by atoms with van der Waals surface area (Å²) in [7, 11) is 0. The molecule has 1 unspecified atom stereocenters. The third-order valence-corrected chi connectivity index (χ3v) is 2.89. The minimum atomic E-state index is -0.162. The highest BCUT2D eigenvalue weighted by molar-refractivity contribution is 9.10. The van der Waals surface area contributed by atoms with Crippen molar-refractivity contribution in [3.63, 3.8) is 0 Å². The van der Waals surface area contributed by atoms with Crippen molar-refractivity contribution in [1.29, 1.82) is 0 Å². The molecule has 0 aliphatic carbocycles. The second kappa shape index (κ2) is 5.80. The van der Waals surface area contributed by atoms with E-state index in [1.165, 1.54) is 0 Å². The molecule has 17 heavy (non-hydrogen) atoms. The van der Waals surface area contributed by atoms with E-state index < -0.39 is 0 Å². The molecule has 2 N–H and O–H groups in total. The topological polar surface area (TPSA) is 48.1 Å². The van der Waals surface area contributed by atoms with E-state index in [0.29, 0.717) is 6.54 Å². The molecule has 3 nitrogen and oxygen atoms in total. The highest BCUT2D eigenvalue weighted by atomic mass is 79.9. The van der Waals surface area contributed by atoms with E-state index >= 15 is 0 Å². The van der Waals surface area contributed by atoms with Crippen LogP contribution in [0.15, 0.2) is 53.3 Å². The second-order valence-electron chi connectivity index (χ2n) is 3.58. The second-order valence-corrected chi connectivity index (χ2v) is 4.50. The molecule has 0 fully saturated rings. The number of halogens is 1. The largest absolute Gasteiger partial charge is 0.484 e. The summed E-state index contributed by atoms with van der Waals surface area (Å²) in [5.41, 5.74) is 6.70. The average molecular weight is 293 g/mol. The van der Waals surface area contributed by atoms with Crippen LogP contribution in [0.25, 0.3) is 0 Å². The monoisotopic (exact) mass is 292 g/mol. The maximum absolute atomic E-state index is 5.82. The molecule has 0 aliphatic heterocycles. The van der Waals surface area contributed by atoms with Gasteiger partial charge in [0, 0.05) is 29.0 Å². The van der Waals surface area contributed by atoms with Crippen LogP contribution in [0, 0.1) is 0 Å². The van der Waals surface area contributed by atoms with Crippen molar-refractivity contribution in [2.24, 2.45) is 5.73 Å². The van der Waals surface area contributed by atoms with E-state index in [-0.39, 0.29) is 6.10 Å². The Morgan fingerprint density at radius 3 is 2.59 bits per heavy atom. The van der Waals surface area contributed by atoms with Crippen LogP contribution >= 0.6 is 15.9 Å². The Bertz CT molecular complexity index is 459. The number of hydrogen-bond acceptors (Lipinski definition) is 3. The van der Waals surface area contributed by atoms with Crippen molar-refractivity contribution < 1.29 is 4.74 Å². The number of rotatable bonds is 4. The maximum Gasteiger partial charge on any atom is 0.137 e. The van der Waals surface area contributed by atoms with Crippen LogP contribution in [0.2, 0.25) is 0 Å². The first-order valence-corrected chi connectivity index (χ1v) is 6.11. The molecule has 0 amide bonds. The number of nitrogens with zero attached hydrogens (tertiary/aromatic N) is 1. The molecule has 0 bridgehead atoms. The van der Waals surface area contributed by atoms with E-state index in [2.05, 4.69) is 20.9 Å². The highest BCUT2D eigenvalue weighted by Crippen LogP contribution is 2.22. The molecule has 1 aromatic carbocycles. The third kappa shape index (κ3) is 3.28. The van der Waals surface area contributed by atoms with Gasteiger partial charge in [0.05, 0.1) is 0 Å². The normalized spacial score (nSPS) is 12.1. The molecule has 0 radical (unpaired) electrons. The Morgan fingerprint density at radius 1 is 1.24 bits per heavy atom. The van der Waals surface area contributed by atoms with Gasteiger partial charge in [-0.2, -0.15) is 0 Å². The zero-order valence-electron chi connectivity index (χ0n) is 9.21. The molecule has 0 aliphatic rings. The summed E-state index contributed by atoms with van der Waals surface area (Å²) < 4.78 is 6.84. The summed E-state index contributed by atoms with van der Waals surface area (Å²) in [4.78, 5) is 4.07. The Hall–Kier alpha value is -1.39. The van der Waals surface area contributed by atoms with Crippen LogP contribution in [0.3, 0.4) is 0 Å². The van der Waals surface area contributed by atoms with E-state index in [4.69, 9.17) is 10.5 Å². The van der Waals surface area contributed by atoms with E-state index in [9.17, 15) is 0 Å². The number of nitrogens with two attached hydrogens (primary N) is 1. The summed E-state index contributed by atoms with van der Waals surface area (Å²) in [6, 6.07) is 11.5. The highest BCUT2D eigenvalue weighted by Gasteiger charge is 2.11. The fraction of sp³-hybridized carbons (Fsp3) is 0.154. The summed E-state index contributed by atoms with van der Waals surface area (Å²) in [5.74, 6) is 0.799. The van der Waals surface area contributed by atoms with Crippen LogP contribution in [-0.2, 0) is 0 Å². The van der Waals surface area contributed by atoms with Crippen molar-refractivity contribution in [3.8, 4) is 5.75 Å². The van der Waals surface area contributed by atoms with Crippen LogP contribution in [0.1, 0.15) is 11.7 Å². The van der Waals surface area contributed by atoms with Gasteiger partial charge in [-0.3, -0.25) is 4.98 Å². The van der Waals surface area contributed by atoms with E-state index in [1.54, 1.807) is 12.4 Å². The van der Waals surface area contributed by atoms with Crippen molar-refractivity contribution in [2.75, 3.05) is 6.54 Å². The molecule has 2 aromatic rings. The standard InChI is InChI=1S/C13H13BrN2O/c14-11-3-5-12(6-4-11)17-13(8-15)10-2-1-7-16-9-10/h1-7,9,13H,8,15H2. The first-order chi connectivity index (χ1) is 8.29. The zero-order valence-corrected chi connectivity index (χ0v) is 10.8. The molecule has 0 saturated carbocycles. The number of aromatic nitrogens is 1. The summed E-state index contributed by atoms with van der Waals surface area (Å²) in [6.45, 7) is 0.418. The maximum atomic E-state index is 5.82. The number of pyridine rings is 1. The summed E-state index contributed by atoms with van der Waals surface area (Å²) >= 11 is 3.38. The van der Waals surface area contributed by atoms with E-state index in [1.807, 2.05) is 36.4 Å². The van der Waals surface area contributed by atoms with Crippen molar-refractivity contribution in [1.82, 2.24) is 4.98 Å². The van der Waals surface area contributed by atoms with Gasteiger partial charge in [-0.05, 0) is 30.3 Å². The quantitative estimate of drug-likeness (QED) is 0.943. The molecule has 1 aromatic heterocycles. The van der Waals surface area contributed by atoms with Gasteiger partial charge in [-0.15, -0.1) is 0 Å². The summed E-state index contributed by atoms with van der Waals surface area (Å²) in [6.07, 6.45) is 3.34. The molecule has 0 spiro atoms. The Labute approximate surface area is 109 Å². The Morgan fingerprint density at radius 2 is 2.00 bits per heavy atom. The lowest BCUT2D eigenvalue weighted by Crippen LogP contribution is -2.18. The first-order valence-electron chi connectivity index (χ1n) is 5.32. The van der Waals surface area contributed by atoms with E-state index in [0.717, 1.165) is 15.8 Å². The van der Waals surface area contributed by atoms with Crippen LogP contribution in [0.5, 0.6) is 5.75 Å². The molecule has 2 rings (SSSR count). The molecule has 1 heterocycles. The van der Waals surface area contributed by atoms with Gasteiger partial charge < -0.3 is 10.5 Å². The zero-order chi connectivity index (χ0) is 12.1. The van der Waals surface area contributed by atoms with Gasteiger partial charge in [0.25, 0.3) is 0 Å². The number of benzene rings is 1. The number of ether oxygens (including phenoxy) is 1. The van der Waals surface area contributed by atoms with Gasteiger partial charge in [0.15, 0.2) is 0 Å². The fourth-order valence-corrected chi connectivity index (χ4v) is 1.76. The predicted octanol–water partition coefficient (Wildman–Crippen LogP) is 2.92. The Balaban J connectivity index is 2.13. The number of hydrogen-bond donors (Lipinski definition) is 1. The van der Waals surface area contributed by atoms with Crippen LogP contribution in [0.4, 0.5) is 0 Å². The lowest BCUT2D eigenvalue weighted by molar-refractivity contribution is 0.214. The lowest BCUT2D eigenvalue weighted by Gasteiger charge is -2.17. The van der Waals surface area contributed by atoms with Crippen molar-refractivity contribution >= 4 is 15.9 Å². The minimum absolute atomic E-state index is 0.162. The summed E-state index contributed by atoms with van der Waals surface area (Å²) in [5, 5.41) is 0. The minimum Gasteiger partial charge on any atom is -0.484 e. The smallest absolute Gasteiger partial charge is 0.137 e. The van der Waals surface area contributed by atoms with Crippen molar-refractivity contribution in [2.45, 2.75) is 6.10 Å². The third-order valence-electron chi connectivity index (χ3n) is 2.36. The molecule has 88 valence electrons. The van der Waals surface area contributed by atoms with Crippen molar-refractivity contribution in [3.05, 3.63) is 58.8 Å². The molecule has 1 atom stereocenters. The Kier molecular flexibility index (Phi) is 4.12. The average Bonchev–Trinajstić information content (AvgIpc) is 2.39. The van der Waals surface area contributed by atoms with Gasteiger partial charge >= 0.3 is 0 Å². The first kappa shape index (κ1) is 12.1.